The van der Waals surface area contributed by atoms with Crippen molar-refractivity contribution < 1.29 is 23.9 Å². The van der Waals surface area contributed by atoms with Gasteiger partial charge in [0.25, 0.3) is 5.91 Å². The highest BCUT2D eigenvalue weighted by molar-refractivity contribution is 7.12. The summed E-state index contributed by atoms with van der Waals surface area (Å²) in [7, 11) is 2.48. The van der Waals surface area contributed by atoms with Gasteiger partial charge < -0.3 is 14.8 Å². The van der Waals surface area contributed by atoms with Crippen LogP contribution in [0.4, 0.5) is 5.69 Å². The first-order valence-electron chi connectivity index (χ1n) is 8.70. The molecule has 0 bridgehead atoms. The summed E-state index contributed by atoms with van der Waals surface area (Å²) in [5.41, 5.74) is 3.43. The van der Waals surface area contributed by atoms with Gasteiger partial charge in [-0.15, -0.1) is 11.3 Å². The lowest BCUT2D eigenvalue weighted by Crippen LogP contribution is -2.14. The summed E-state index contributed by atoms with van der Waals surface area (Å²) >= 11 is 1.31. The Balaban J connectivity index is 1.93. The quantitative estimate of drug-likeness (QED) is 0.625. The third kappa shape index (κ3) is 4.52. The fourth-order valence-electron chi connectivity index (χ4n) is 2.80. The van der Waals surface area contributed by atoms with Gasteiger partial charge in [0.1, 0.15) is 0 Å². The molecule has 148 valence electrons. The van der Waals surface area contributed by atoms with E-state index in [-0.39, 0.29) is 17.0 Å². The molecule has 3 aromatic rings. The maximum Gasteiger partial charge on any atom is 0.337 e. The molecule has 1 aromatic heterocycles. The van der Waals surface area contributed by atoms with Crippen molar-refractivity contribution in [2.45, 2.75) is 6.92 Å². The number of aryl methyl sites for hydroxylation is 1. The summed E-state index contributed by atoms with van der Waals surface area (Å²) < 4.78 is 9.44. The fraction of sp³-hybridized carbons (Fsp3) is 0.136. The standard InChI is InChI=1S/C22H19NO5S/c1-13-4-6-14(7-5-13)18-8-9-29-19(18)20(24)23-17-11-15(21(25)27-2)10-16(12-17)22(26)28-3/h4-12H,1-3H3,(H,23,24). The number of hydrogen-bond acceptors (Lipinski definition) is 6. The number of esters is 2. The summed E-state index contributed by atoms with van der Waals surface area (Å²) in [5, 5.41) is 4.60. The van der Waals surface area contributed by atoms with E-state index in [0.29, 0.717) is 10.6 Å². The first-order chi connectivity index (χ1) is 13.9. The Kier molecular flexibility index (Phi) is 6.09. The summed E-state index contributed by atoms with van der Waals surface area (Å²) in [6.45, 7) is 2.00. The molecule has 0 saturated heterocycles. The van der Waals surface area contributed by atoms with E-state index < -0.39 is 11.9 Å². The Hall–Kier alpha value is -3.45. The summed E-state index contributed by atoms with van der Waals surface area (Å²) in [4.78, 5) is 37.3. The highest BCUT2D eigenvalue weighted by Crippen LogP contribution is 2.29. The summed E-state index contributed by atoms with van der Waals surface area (Å²) in [5.74, 6) is -1.58. The minimum atomic E-state index is -0.622. The lowest BCUT2D eigenvalue weighted by Gasteiger charge is -2.10. The Bertz CT molecular complexity index is 1030. The average Bonchev–Trinajstić information content (AvgIpc) is 3.22. The second kappa shape index (κ2) is 8.70. The van der Waals surface area contributed by atoms with Crippen LogP contribution in [0.2, 0.25) is 0 Å². The van der Waals surface area contributed by atoms with E-state index in [1.165, 1.54) is 43.8 Å². The maximum atomic E-state index is 12.9. The van der Waals surface area contributed by atoms with Crippen molar-refractivity contribution in [3.05, 3.63) is 75.5 Å². The number of amides is 1. The average molecular weight is 409 g/mol. The molecule has 29 heavy (non-hydrogen) atoms. The molecule has 0 fully saturated rings. The van der Waals surface area contributed by atoms with E-state index in [9.17, 15) is 14.4 Å². The second-order valence-corrected chi connectivity index (χ2v) is 7.18. The van der Waals surface area contributed by atoms with Gasteiger partial charge in [-0.1, -0.05) is 29.8 Å². The van der Waals surface area contributed by atoms with Crippen LogP contribution in [0.5, 0.6) is 0 Å². The van der Waals surface area contributed by atoms with Gasteiger partial charge in [-0.05, 0) is 42.1 Å². The van der Waals surface area contributed by atoms with Gasteiger partial charge in [-0.2, -0.15) is 0 Å². The highest BCUT2D eigenvalue weighted by Gasteiger charge is 2.18. The lowest BCUT2D eigenvalue weighted by molar-refractivity contribution is 0.0599. The molecule has 0 spiro atoms. The Labute approximate surface area is 172 Å². The SMILES string of the molecule is COC(=O)c1cc(NC(=O)c2sccc2-c2ccc(C)cc2)cc(C(=O)OC)c1. The number of methoxy groups -OCH3 is 2. The zero-order chi connectivity index (χ0) is 21.0. The van der Waals surface area contributed by atoms with Crippen LogP contribution >= 0.6 is 11.3 Å². The number of nitrogens with one attached hydrogen (secondary N) is 1. The van der Waals surface area contributed by atoms with E-state index in [2.05, 4.69) is 5.32 Å². The number of rotatable bonds is 5. The number of benzene rings is 2. The van der Waals surface area contributed by atoms with Crippen molar-refractivity contribution in [3.63, 3.8) is 0 Å². The molecule has 0 aliphatic carbocycles. The summed E-state index contributed by atoms with van der Waals surface area (Å²) in [6, 6.07) is 14.0. The van der Waals surface area contributed by atoms with Crippen molar-refractivity contribution in [2.24, 2.45) is 0 Å². The second-order valence-electron chi connectivity index (χ2n) is 6.27. The fourth-order valence-corrected chi connectivity index (χ4v) is 3.62. The summed E-state index contributed by atoms with van der Waals surface area (Å²) in [6.07, 6.45) is 0. The molecule has 0 saturated carbocycles. The van der Waals surface area contributed by atoms with Gasteiger partial charge in [-0.3, -0.25) is 4.79 Å². The molecule has 0 atom stereocenters. The van der Waals surface area contributed by atoms with Crippen LogP contribution in [-0.2, 0) is 9.47 Å². The zero-order valence-corrected chi connectivity index (χ0v) is 17.0. The molecular formula is C22H19NO5S. The number of ether oxygens (including phenoxy) is 2. The number of anilines is 1. The third-order valence-corrected chi connectivity index (χ3v) is 5.18. The van der Waals surface area contributed by atoms with Crippen molar-refractivity contribution in [1.82, 2.24) is 0 Å². The van der Waals surface area contributed by atoms with E-state index >= 15 is 0 Å². The van der Waals surface area contributed by atoms with Crippen LogP contribution in [-0.4, -0.2) is 32.1 Å². The molecule has 6 nitrogen and oxygen atoms in total. The smallest absolute Gasteiger partial charge is 0.337 e. The normalized spacial score (nSPS) is 10.3. The van der Waals surface area contributed by atoms with E-state index in [0.717, 1.165) is 16.7 Å². The number of hydrogen-bond donors (Lipinski definition) is 1. The van der Waals surface area contributed by atoms with Crippen molar-refractivity contribution in [1.29, 1.82) is 0 Å². The predicted octanol–water partition coefficient (Wildman–Crippen LogP) is 4.55. The first-order valence-corrected chi connectivity index (χ1v) is 9.58. The Morgan fingerprint density at radius 2 is 1.45 bits per heavy atom. The topological polar surface area (TPSA) is 81.7 Å². The van der Waals surface area contributed by atoms with E-state index in [1.54, 1.807) is 0 Å². The number of carbonyl (C=O) groups excluding carboxylic acids is 3. The maximum absolute atomic E-state index is 12.9. The van der Waals surface area contributed by atoms with Gasteiger partial charge in [0, 0.05) is 11.3 Å². The van der Waals surface area contributed by atoms with E-state index in [1.807, 2.05) is 42.6 Å². The predicted molar refractivity (Wildman–Crippen MR) is 112 cm³/mol. The Morgan fingerprint density at radius 1 is 0.862 bits per heavy atom. The lowest BCUT2D eigenvalue weighted by atomic mass is 10.0. The Morgan fingerprint density at radius 3 is 2.00 bits per heavy atom. The highest BCUT2D eigenvalue weighted by atomic mass is 32.1. The minimum Gasteiger partial charge on any atom is -0.465 e. The third-order valence-electron chi connectivity index (χ3n) is 4.27. The first kappa shape index (κ1) is 20.3. The van der Waals surface area contributed by atoms with Crippen LogP contribution in [0.25, 0.3) is 11.1 Å². The van der Waals surface area contributed by atoms with E-state index in [4.69, 9.17) is 9.47 Å². The molecule has 0 radical (unpaired) electrons. The zero-order valence-electron chi connectivity index (χ0n) is 16.1. The molecule has 0 aliphatic heterocycles. The molecule has 1 amide bonds. The number of thiophene rings is 1. The molecule has 1 heterocycles. The van der Waals surface area contributed by atoms with Crippen LogP contribution in [0.1, 0.15) is 36.0 Å². The van der Waals surface area contributed by atoms with Crippen LogP contribution < -0.4 is 5.32 Å². The molecule has 2 aromatic carbocycles. The molecule has 0 aliphatic rings. The van der Waals surface area contributed by atoms with Gasteiger partial charge in [0.05, 0.1) is 30.2 Å². The van der Waals surface area contributed by atoms with Gasteiger partial charge in [0.2, 0.25) is 0 Å². The van der Waals surface area contributed by atoms with Crippen LogP contribution in [0.3, 0.4) is 0 Å². The van der Waals surface area contributed by atoms with Gasteiger partial charge >= 0.3 is 11.9 Å². The van der Waals surface area contributed by atoms with Crippen molar-refractivity contribution >= 4 is 34.9 Å². The molecule has 3 rings (SSSR count). The number of carbonyl (C=O) groups is 3. The molecular weight excluding hydrogens is 390 g/mol. The van der Waals surface area contributed by atoms with Gasteiger partial charge in [0.15, 0.2) is 0 Å². The van der Waals surface area contributed by atoms with Gasteiger partial charge in [-0.25, -0.2) is 9.59 Å². The molecule has 7 heteroatoms. The molecule has 0 unspecified atom stereocenters. The minimum absolute atomic E-state index is 0.135. The van der Waals surface area contributed by atoms with Crippen LogP contribution in [0.15, 0.2) is 53.9 Å². The van der Waals surface area contributed by atoms with Crippen LogP contribution in [0, 0.1) is 6.92 Å². The van der Waals surface area contributed by atoms with Crippen molar-refractivity contribution in [3.8, 4) is 11.1 Å². The van der Waals surface area contributed by atoms with Crippen molar-refractivity contribution in [2.75, 3.05) is 19.5 Å². The largest absolute Gasteiger partial charge is 0.465 e. The molecule has 1 N–H and O–H groups in total. The monoisotopic (exact) mass is 409 g/mol.